The van der Waals surface area contributed by atoms with Gasteiger partial charge in [0.1, 0.15) is 11.6 Å². The molecule has 0 radical (unpaired) electrons. The van der Waals surface area contributed by atoms with Gasteiger partial charge in [0.25, 0.3) is 0 Å². The standard InChI is InChI=1S/C27H25F3N4O2/c1-36-22-11-4-7-18(15-22)24-23-12-2-3-14-34(23)25(32-24)19-8-6-13-33(17-19)26(35)31-21-10-5-9-20(16-21)27(28,29)30/h2-5,7,9-12,14-16,19H,6,8,13,17H2,1H3,(H,31,35)/t19-/m1/s1. The summed E-state index contributed by atoms with van der Waals surface area (Å²) in [6.07, 6.45) is -0.905. The maximum atomic E-state index is 13.1. The average Bonchev–Trinajstić information content (AvgIpc) is 3.28. The summed E-state index contributed by atoms with van der Waals surface area (Å²) in [5.41, 5.74) is 2.02. The molecule has 0 bridgehead atoms. The lowest BCUT2D eigenvalue weighted by Crippen LogP contribution is -2.42. The fraction of sp³-hybridized carbons (Fsp3) is 0.259. The van der Waals surface area contributed by atoms with Gasteiger partial charge in [-0.2, -0.15) is 13.2 Å². The minimum atomic E-state index is -4.47. The predicted molar refractivity (Wildman–Crippen MR) is 131 cm³/mol. The number of likely N-dealkylation sites (tertiary alicyclic amines) is 1. The molecule has 6 nitrogen and oxygen atoms in total. The van der Waals surface area contributed by atoms with E-state index in [-0.39, 0.29) is 11.6 Å². The van der Waals surface area contributed by atoms with E-state index in [4.69, 9.17) is 9.72 Å². The van der Waals surface area contributed by atoms with E-state index in [0.717, 1.165) is 53.3 Å². The summed E-state index contributed by atoms with van der Waals surface area (Å²) in [4.78, 5) is 19.6. The summed E-state index contributed by atoms with van der Waals surface area (Å²) >= 11 is 0. The SMILES string of the molecule is COc1cccc(-c2nc([C@@H]3CCCN(C(=O)Nc4cccc(C(F)(F)F)c4)C3)n3ccccc23)c1. The number of fused-ring (bicyclic) bond motifs is 1. The first-order chi connectivity index (χ1) is 17.3. The number of hydrogen-bond donors (Lipinski definition) is 1. The lowest BCUT2D eigenvalue weighted by molar-refractivity contribution is -0.137. The van der Waals surface area contributed by atoms with E-state index in [1.54, 1.807) is 12.0 Å². The molecule has 1 aliphatic heterocycles. The van der Waals surface area contributed by atoms with Crippen molar-refractivity contribution in [2.24, 2.45) is 0 Å². The molecule has 9 heteroatoms. The van der Waals surface area contributed by atoms with Crippen LogP contribution in [0.15, 0.2) is 72.9 Å². The molecule has 3 heterocycles. The van der Waals surface area contributed by atoms with Crippen LogP contribution in [0.5, 0.6) is 5.75 Å². The third kappa shape index (κ3) is 4.73. The summed E-state index contributed by atoms with van der Waals surface area (Å²) in [7, 11) is 1.62. The van der Waals surface area contributed by atoms with Crippen LogP contribution in [0.25, 0.3) is 16.8 Å². The Morgan fingerprint density at radius 3 is 2.72 bits per heavy atom. The summed E-state index contributed by atoms with van der Waals surface area (Å²) in [5, 5.41) is 2.62. The number of amides is 2. The number of carbonyl (C=O) groups is 1. The van der Waals surface area contributed by atoms with Crippen molar-refractivity contribution >= 4 is 17.2 Å². The van der Waals surface area contributed by atoms with Crippen molar-refractivity contribution < 1.29 is 22.7 Å². The number of anilines is 1. The third-order valence-corrected chi connectivity index (χ3v) is 6.43. The van der Waals surface area contributed by atoms with Gasteiger partial charge in [0.2, 0.25) is 0 Å². The zero-order chi connectivity index (χ0) is 25.3. The molecule has 2 aromatic heterocycles. The van der Waals surface area contributed by atoms with Gasteiger partial charge in [0.05, 0.1) is 23.9 Å². The quantitative estimate of drug-likeness (QED) is 0.355. The molecule has 0 aliphatic carbocycles. The van der Waals surface area contributed by atoms with E-state index in [0.29, 0.717) is 13.1 Å². The Bertz CT molecular complexity index is 1400. The van der Waals surface area contributed by atoms with Gasteiger partial charge < -0.3 is 19.4 Å². The highest BCUT2D eigenvalue weighted by atomic mass is 19.4. The van der Waals surface area contributed by atoms with Crippen molar-refractivity contribution in [1.29, 1.82) is 0 Å². The van der Waals surface area contributed by atoms with Gasteiger partial charge in [-0.15, -0.1) is 0 Å². The molecule has 2 amide bonds. The van der Waals surface area contributed by atoms with Crippen LogP contribution in [0.2, 0.25) is 0 Å². The molecule has 4 aromatic rings. The number of alkyl halides is 3. The van der Waals surface area contributed by atoms with E-state index in [2.05, 4.69) is 5.32 Å². The monoisotopic (exact) mass is 494 g/mol. The molecule has 36 heavy (non-hydrogen) atoms. The maximum Gasteiger partial charge on any atom is 0.416 e. The second-order valence-electron chi connectivity index (χ2n) is 8.80. The van der Waals surface area contributed by atoms with E-state index in [1.807, 2.05) is 53.1 Å². The fourth-order valence-electron chi connectivity index (χ4n) is 4.68. The summed E-state index contributed by atoms with van der Waals surface area (Å²) in [6.45, 7) is 0.934. The summed E-state index contributed by atoms with van der Waals surface area (Å²) < 4.78 is 46.6. The zero-order valence-corrected chi connectivity index (χ0v) is 19.6. The first-order valence-electron chi connectivity index (χ1n) is 11.7. The van der Waals surface area contributed by atoms with Gasteiger partial charge in [-0.25, -0.2) is 9.78 Å². The number of halogens is 3. The van der Waals surface area contributed by atoms with Gasteiger partial charge in [-0.3, -0.25) is 0 Å². The fourth-order valence-corrected chi connectivity index (χ4v) is 4.68. The number of carbonyl (C=O) groups excluding carboxylic acids is 1. The van der Waals surface area contributed by atoms with E-state index < -0.39 is 17.8 Å². The number of methoxy groups -OCH3 is 1. The van der Waals surface area contributed by atoms with Crippen molar-refractivity contribution in [2.75, 3.05) is 25.5 Å². The Labute approximate surface area is 206 Å². The van der Waals surface area contributed by atoms with Crippen LogP contribution in [-0.2, 0) is 6.18 Å². The van der Waals surface area contributed by atoms with E-state index >= 15 is 0 Å². The van der Waals surface area contributed by atoms with Crippen molar-refractivity contribution in [3.8, 4) is 17.0 Å². The lowest BCUT2D eigenvalue weighted by Gasteiger charge is -2.32. The molecule has 2 aromatic carbocycles. The second kappa shape index (κ2) is 9.56. The number of benzene rings is 2. The van der Waals surface area contributed by atoms with Crippen molar-refractivity contribution in [1.82, 2.24) is 14.3 Å². The topological polar surface area (TPSA) is 58.9 Å². The van der Waals surface area contributed by atoms with Crippen LogP contribution in [0.4, 0.5) is 23.7 Å². The number of pyridine rings is 1. The largest absolute Gasteiger partial charge is 0.497 e. The summed E-state index contributed by atoms with van der Waals surface area (Å²) in [5.74, 6) is 1.56. The summed E-state index contributed by atoms with van der Waals surface area (Å²) in [6, 6.07) is 17.9. The molecule has 1 N–H and O–H groups in total. The highest BCUT2D eigenvalue weighted by Crippen LogP contribution is 2.34. The molecule has 1 aliphatic rings. The van der Waals surface area contributed by atoms with Gasteiger partial charge in [-0.05, 0) is 55.3 Å². The number of piperidine rings is 1. The van der Waals surface area contributed by atoms with E-state index in [1.165, 1.54) is 12.1 Å². The normalized spacial score (nSPS) is 16.2. The Morgan fingerprint density at radius 2 is 1.92 bits per heavy atom. The number of urea groups is 1. The molecule has 0 saturated carbocycles. The van der Waals surface area contributed by atoms with Crippen LogP contribution >= 0.6 is 0 Å². The minimum Gasteiger partial charge on any atom is -0.497 e. The molecule has 1 fully saturated rings. The first kappa shape index (κ1) is 23.7. The van der Waals surface area contributed by atoms with Crippen molar-refractivity contribution in [3.05, 3.63) is 84.3 Å². The Morgan fingerprint density at radius 1 is 1.08 bits per heavy atom. The number of ether oxygens (including phenoxy) is 1. The Hall–Kier alpha value is -4.01. The number of rotatable bonds is 4. The van der Waals surface area contributed by atoms with E-state index in [9.17, 15) is 18.0 Å². The van der Waals surface area contributed by atoms with Gasteiger partial charge >= 0.3 is 12.2 Å². The van der Waals surface area contributed by atoms with Crippen LogP contribution in [-0.4, -0.2) is 40.5 Å². The first-order valence-corrected chi connectivity index (χ1v) is 11.7. The molecule has 1 saturated heterocycles. The van der Waals surface area contributed by atoms with Crippen LogP contribution < -0.4 is 10.1 Å². The zero-order valence-electron chi connectivity index (χ0n) is 19.6. The molecule has 0 unspecified atom stereocenters. The van der Waals surface area contributed by atoms with Crippen LogP contribution in [0, 0.1) is 0 Å². The second-order valence-corrected chi connectivity index (χ2v) is 8.80. The number of hydrogen-bond acceptors (Lipinski definition) is 3. The van der Waals surface area contributed by atoms with Crippen molar-refractivity contribution in [3.63, 3.8) is 0 Å². The van der Waals surface area contributed by atoms with Crippen molar-refractivity contribution in [2.45, 2.75) is 24.9 Å². The Kier molecular flexibility index (Phi) is 6.30. The average molecular weight is 495 g/mol. The number of imidazole rings is 1. The lowest BCUT2D eigenvalue weighted by atomic mass is 9.97. The molecule has 1 atom stereocenters. The van der Waals surface area contributed by atoms with Gasteiger partial charge in [0.15, 0.2) is 0 Å². The van der Waals surface area contributed by atoms with Gasteiger partial charge in [-0.1, -0.05) is 24.3 Å². The number of nitrogens with one attached hydrogen (secondary N) is 1. The maximum absolute atomic E-state index is 13.1. The Balaban J connectivity index is 1.40. The van der Waals surface area contributed by atoms with Crippen LogP contribution in [0.1, 0.15) is 30.1 Å². The smallest absolute Gasteiger partial charge is 0.416 e. The minimum absolute atomic E-state index is 0.0275. The molecular weight excluding hydrogens is 469 g/mol. The highest BCUT2D eigenvalue weighted by Gasteiger charge is 2.31. The number of nitrogens with zero attached hydrogens (tertiary/aromatic N) is 3. The highest BCUT2D eigenvalue weighted by molar-refractivity contribution is 5.89. The molecule has 5 rings (SSSR count). The van der Waals surface area contributed by atoms with Crippen LogP contribution in [0.3, 0.4) is 0 Å². The predicted octanol–water partition coefficient (Wildman–Crippen LogP) is 6.44. The molecular formula is C27H25F3N4O2. The molecule has 0 spiro atoms. The third-order valence-electron chi connectivity index (χ3n) is 6.43. The molecule has 186 valence electrons. The van der Waals surface area contributed by atoms with Gasteiger partial charge in [0, 0.05) is 36.5 Å². The number of aromatic nitrogens is 2.